The van der Waals surface area contributed by atoms with Crippen LogP contribution in [-0.2, 0) is 9.59 Å². The lowest BCUT2D eigenvalue weighted by Gasteiger charge is -2.20. The second kappa shape index (κ2) is 9.06. The second-order valence-corrected chi connectivity index (χ2v) is 6.94. The van der Waals surface area contributed by atoms with Gasteiger partial charge in [0, 0.05) is 32.7 Å². The molecule has 0 unspecified atom stereocenters. The van der Waals surface area contributed by atoms with E-state index in [4.69, 9.17) is 0 Å². The Bertz CT molecular complexity index is 440. The largest absolute Gasteiger partial charge is 0.348 e. The molecule has 0 bridgehead atoms. The van der Waals surface area contributed by atoms with Gasteiger partial charge in [-0.05, 0) is 45.6 Å². The number of hydrogen-bond donors (Lipinski definition) is 1. The summed E-state index contributed by atoms with van der Waals surface area (Å²) in [4.78, 5) is 28.4. The van der Waals surface area contributed by atoms with E-state index in [1.165, 1.54) is 5.57 Å². The Balaban J connectivity index is 1.71. The van der Waals surface area contributed by atoms with Gasteiger partial charge in [-0.25, -0.2) is 0 Å². The summed E-state index contributed by atoms with van der Waals surface area (Å²) in [6, 6.07) is 0. The van der Waals surface area contributed by atoms with Gasteiger partial charge < -0.3 is 10.2 Å². The zero-order chi connectivity index (χ0) is 16.7. The maximum atomic E-state index is 12.2. The van der Waals surface area contributed by atoms with Gasteiger partial charge in [0.05, 0.1) is 0 Å². The highest BCUT2D eigenvalue weighted by Crippen LogP contribution is 2.16. The van der Waals surface area contributed by atoms with E-state index in [0.29, 0.717) is 12.5 Å². The van der Waals surface area contributed by atoms with Crippen LogP contribution in [0.25, 0.3) is 0 Å². The van der Waals surface area contributed by atoms with Crippen molar-refractivity contribution in [3.8, 4) is 0 Å². The molecule has 130 valence electrons. The normalized spacial score (nSPS) is 23.7. The van der Waals surface area contributed by atoms with Gasteiger partial charge in [-0.3, -0.25) is 14.5 Å². The van der Waals surface area contributed by atoms with E-state index in [1.54, 1.807) is 4.90 Å². The molecule has 0 saturated carbocycles. The van der Waals surface area contributed by atoms with Crippen LogP contribution < -0.4 is 5.32 Å². The van der Waals surface area contributed by atoms with Crippen LogP contribution >= 0.6 is 0 Å². The minimum Gasteiger partial charge on any atom is -0.348 e. The molecule has 2 aliphatic heterocycles. The first-order valence-corrected chi connectivity index (χ1v) is 9.01. The molecule has 0 aromatic heterocycles. The van der Waals surface area contributed by atoms with Crippen LogP contribution in [0.4, 0.5) is 0 Å². The van der Waals surface area contributed by atoms with Crippen LogP contribution in [0.1, 0.15) is 46.0 Å². The Morgan fingerprint density at radius 1 is 1.13 bits per heavy atom. The first-order valence-electron chi connectivity index (χ1n) is 9.01. The van der Waals surface area contributed by atoms with E-state index in [-0.39, 0.29) is 5.91 Å². The van der Waals surface area contributed by atoms with Gasteiger partial charge in [-0.1, -0.05) is 24.5 Å². The summed E-state index contributed by atoms with van der Waals surface area (Å²) in [5.41, 5.74) is 1.38. The molecule has 1 atom stereocenters. The Hall–Kier alpha value is -1.36. The molecule has 5 nitrogen and oxygen atoms in total. The fourth-order valence-corrected chi connectivity index (χ4v) is 3.40. The molecule has 2 heterocycles. The quantitative estimate of drug-likeness (QED) is 0.634. The van der Waals surface area contributed by atoms with Crippen LogP contribution in [0.5, 0.6) is 0 Å². The Morgan fingerprint density at radius 2 is 1.83 bits per heavy atom. The van der Waals surface area contributed by atoms with E-state index >= 15 is 0 Å². The predicted molar refractivity (Wildman–Crippen MR) is 92.0 cm³/mol. The monoisotopic (exact) mass is 321 g/mol. The predicted octanol–water partition coefficient (Wildman–Crippen LogP) is 1.79. The van der Waals surface area contributed by atoms with Crippen LogP contribution in [-0.4, -0.2) is 60.9 Å². The molecule has 0 spiro atoms. The lowest BCUT2D eigenvalue weighted by molar-refractivity contribution is -0.145. The van der Waals surface area contributed by atoms with E-state index in [9.17, 15) is 9.59 Å². The molecule has 0 radical (unpaired) electrons. The van der Waals surface area contributed by atoms with Gasteiger partial charge in [-0.2, -0.15) is 0 Å². The number of carbonyl (C=O) groups is 2. The minimum atomic E-state index is -0.421. The zero-order valence-electron chi connectivity index (χ0n) is 14.6. The standard InChI is InChI=1S/C18H31N3O2/c1-3-15(2)13-20-11-8-16(14-20)12-19-17(22)18(23)21-9-6-4-5-7-10-21/h3,16H,4-14H2,1-2H3,(H,19,22)/b15-3+/t16-/m0/s1. The fourth-order valence-electron chi connectivity index (χ4n) is 3.40. The summed E-state index contributed by atoms with van der Waals surface area (Å²) in [5, 5.41) is 2.86. The number of likely N-dealkylation sites (tertiary alicyclic amines) is 2. The highest BCUT2D eigenvalue weighted by atomic mass is 16.2. The van der Waals surface area contributed by atoms with Gasteiger partial charge in [0.2, 0.25) is 0 Å². The number of carbonyl (C=O) groups excluding carboxylic acids is 2. The summed E-state index contributed by atoms with van der Waals surface area (Å²) in [6.45, 7) is 9.37. The number of rotatable bonds is 4. The summed E-state index contributed by atoms with van der Waals surface area (Å²) in [6.07, 6.45) is 7.59. The first kappa shape index (κ1) is 18.0. The fraction of sp³-hybridized carbons (Fsp3) is 0.778. The third kappa shape index (κ3) is 5.65. The van der Waals surface area contributed by atoms with Crippen molar-refractivity contribution in [2.45, 2.75) is 46.0 Å². The highest BCUT2D eigenvalue weighted by Gasteiger charge is 2.26. The van der Waals surface area contributed by atoms with E-state index < -0.39 is 5.91 Å². The van der Waals surface area contributed by atoms with Crippen molar-refractivity contribution in [3.05, 3.63) is 11.6 Å². The van der Waals surface area contributed by atoms with E-state index in [1.807, 2.05) is 0 Å². The summed E-state index contributed by atoms with van der Waals surface area (Å²) in [7, 11) is 0. The van der Waals surface area contributed by atoms with E-state index in [0.717, 1.165) is 64.8 Å². The van der Waals surface area contributed by atoms with Gasteiger partial charge in [0.1, 0.15) is 0 Å². The van der Waals surface area contributed by atoms with Crippen LogP contribution in [0.15, 0.2) is 11.6 Å². The van der Waals surface area contributed by atoms with Gasteiger partial charge in [0.15, 0.2) is 0 Å². The highest BCUT2D eigenvalue weighted by molar-refractivity contribution is 6.35. The number of nitrogens with zero attached hydrogens (tertiary/aromatic N) is 2. The number of hydrogen-bond acceptors (Lipinski definition) is 3. The van der Waals surface area contributed by atoms with Gasteiger partial charge in [-0.15, -0.1) is 0 Å². The van der Waals surface area contributed by atoms with Crippen molar-refractivity contribution in [1.29, 1.82) is 0 Å². The van der Waals surface area contributed by atoms with Crippen molar-refractivity contribution in [1.82, 2.24) is 15.1 Å². The van der Waals surface area contributed by atoms with Crippen molar-refractivity contribution in [3.63, 3.8) is 0 Å². The van der Waals surface area contributed by atoms with Crippen molar-refractivity contribution < 1.29 is 9.59 Å². The Labute approximate surface area is 140 Å². The average molecular weight is 321 g/mol. The molecular weight excluding hydrogens is 290 g/mol. The maximum absolute atomic E-state index is 12.2. The van der Waals surface area contributed by atoms with Gasteiger partial charge >= 0.3 is 11.8 Å². The summed E-state index contributed by atoms with van der Waals surface area (Å²) >= 11 is 0. The zero-order valence-corrected chi connectivity index (χ0v) is 14.6. The third-order valence-electron chi connectivity index (χ3n) is 4.97. The smallest absolute Gasteiger partial charge is 0.311 e. The number of nitrogens with one attached hydrogen (secondary N) is 1. The molecule has 0 aromatic rings. The molecule has 0 aromatic carbocycles. The molecule has 2 saturated heterocycles. The molecule has 2 fully saturated rings. The molecule has 23 heavy (non-hydrogen) atoms. The lowest BCUT2D eigenvalue weighted by Crippen LogP contribution is -2.44. The second-order valence-electron chi connectivity index (χ2n) is 6.94. The molecule has 5 heteroatoms. The molecule has 1 N–H and O–H groups in total. The van der Waals surface area contributed by atoms with Gasteiger partial charge in [0.25, 0.3) is 0 Å². The van der Waals surface area contributed by atoms with Crippen molar-refractivity contribution in [2.24, 2.45) is 5.92 Å². The molecule has 2 rings (SSSR count). The van der Waals surface area contributed by atoms with Crippen LogP contribution in [0.3, 0.4) is 0 Å². The first-order chi connectivity index (χ1) is 11.1. The molecular formula is C18H31N3O2. The maximum Gasteiger partial charge on any atom is 0.311 e. The van der Waals surface area contributed by atoms with Crippen molar-refractivity contribution in [2.75, 3.05) is 39.3 Å². The molecule has 2 amide bonds. The summed E-state index contributed by atoms with van der Waals surface area (Å²) in [5.74, 6) is -0.304. The average Bonchev–Trinajstić information content (AvgIpc) is 2.83. The Morgan fingerprint density at radius 3 is 2.48 bits per heavy atom. The minimum absolute atomic E-state index is 0.341. The van der Waals surface area contributed by atoms with Crippen LogP contribution in [0.2, 0.25) is 0 Å². The molecule has 2 aliphatic rings. The molecule has 0 aliphatic carbocycles. The van der Waals surface area contributed by atoms with Crippen molar-refractivity contribution >= 4 is 11.8 Å². The lowest BCUT2D eigenvalue weighted by atomic mass is 10.1. The summed E-state index contributed by atoms with van der Waals surface area (Å²) < 4.78 is 0. The SMILES string of the molecule is C/C=C(\C)CN1CC[C@@H](CNC(=O)C(=O)N2CCCCCC2)C1. The topological polar surface area (TPSA) is 52.7 Å². The number of allylic oxidation sites excluding steroid dienone is 1. The Kier molecular flexibility index (Phi) is 7.09. The number of amides is 2. The van der Waals surface area contributed by atoms with E-state index in [2.05, 4.69) is 30.1 Å². The third-order valence-corrected chi connectivity index (χ3v) is 4.97. The van der Waals surface area contributed by atoms with Crippen LogP contribution in [0, 0.1) is 5.92 Å².